The summed E-state index contributed by atoms with van der Waals surface area (Å²) < 4.78 is 8.40. The third kappa shape index (κ3) is 6.49. The Labute approximate surface area is 171 Å². The summed E-state index contributed by atoms with van der Waals surface area (Å²) in [7, 11) is 0. The first-order chi connectivity index (χ1) is 12.5. The van der Waals surface area contributed by atoms with Crippen LogP contribution in [0.4, 0.5) is 4.79 Å². The molecule has 0 bridgehead atoms. The molecule has 0 aliphatic heterocycles. The molecule has 0 fully saturated rings. The van der Waals surface area contributed by atoms with Gasteiger partial charge in [-0.3, -0.25) is 0 Å². The Bertz CT molecular complexity index is 771. The van der Waals surface area contributed by atoms with Crippen LogP contribution < -0.4 is 0 Å². The fraction of sp³-hybridized carbons (Fsp3) is 0.545. The molecule has 4 nitrogen and oxygen atoms in total. The lowest BCUT2D eigenvalue weighted by Gasteiger charge is -2.25. The van der Waals surface area contributed by atoms with Gasteiger partial charge < -0.3 is 4.74 Å². The Morgan fingerprint density at radius 1 is 1.11 bits per heavy atom. The molecule has 0 atom stereocenters. The average Bonchev–Trinajstić information content (AvgIpc) is 2.95. The molecule has 27 heavy (non-hydrogen) atoms. The Morgan fingerprint density at radius 2 is 1.74 bits per heavy atom. The zero-order chi connectivity index (χ0) is 20.2. The first kappa shape index (κ1) is 21.7. The van der Waals surface area contributed by atoms with Crippen molar-refractivity contribution >= 4 is 22.0 Å². The average molecular weight is 435 g/mol. The van der Waals surface area contributed by atoms with E-state index in [9.17, 15) is 4.79 Å². The monoisotopic (exact) mass is 434 g/mol. The van der Waals surface area contributed by atoms with Crippen molar-refractivity contribution in [1.82, 2.24) is 9.55 Å². The molecule has 2 rings (SSSR count). The Hall–Kier alpha value is -1.62. The fourth-order valence-electron chi connectivity index (χ4n) is 2.78. The van der Waals surface area contributed by atoms with Crippen LogP contribution in [0.2, 0.25) is 0 Å². The van der Waals surface area contributed by atoms with E-state index in [0.717, 1.165) is 35.3 Å². The van der Waals surface area contributed by atoms with Crippen LogP contribution in [0, 0.1) is 5.41 Å². The zero-order valence-corrected chi connectivity index (χ0v) is 18.9. The second-order valence-corrected chi connectivity index (χ2v) is 9.72. The molecular formula is C22H31BrN2O2. The lowest BCUT2D eigenvalue weighted by atomic mass is 9.85. The highest BCUT2D eigenvalue weighted by Gasteiger charge is 2.26. The number of imidazole rings is 1. The van der Waals surface area contributed by atoms with Crippen molar-refractivity contribution in [2.45, 2.75) is 72.8 Å². The minimum Gasteiger partial charge on any atom is -0.443 e. The summed E-state index contributed by atoms with van der Waals surface area (Å²) in [4.78, 5) is 17.5. The predicted octanol–water partition coefficient (Wildman–Crippen LogP) is 6.19. The number of carbonyl (C=O) groups is 1. The molecule has 148 valence electrons. The molecule has 0 saturated carbocycles. The lowest BCUT2D eigenvalue weighted by Crippen LogP contribution is -2.30. The van der Waals surface area contributed by atoms with Crippen molar-refractivity contribution < 1.29 is 9.53 Å². The maximum Gasteiger partial charge on any atom is 0.420 e. The predicted molar refractivity (Wildman–Crippen MR) is 113 cm³/mol. The first-order valence-electron chi connectivity index (χ1n) is 9.54. The van der Waals surface area contributed by atoms with Crippen LogP contribution in [-0.2, 0) is 24.0 Å². The molecular weight excluding hydrogens is 404 g/mol. The van der Waals surface area contributed by atoms with Gasteiger partial charge in [0.15, 0.2) is 0 Å². The Kier molecular flexibility index (Phi) is 6.90. The van der Waals surface area contributed by atoms with Crippen molar-refractivity contribution in [3.63, 3.8) is 0 Å². The highest BCUT2D eigenvalue weighted by molar-refractivity contribution is 9.10. The Morgan fingerprint density at radius 3 is 2.30 bits per heavy atom. The second kappa shape index (κ2) is 8.59. The smallest absolute Gasteiger partial charge is 0.420 e. The van der Waals surface area contributed by atoms with Crippen LogP contribution in [0.5, 0.6) is 0 Å². The zero-order valence-electron chi connectivity index (χ0n) is 17.3. The number of halogens is 1. The molecule has 0 unspecified atom stereocenters. The molecule has 0 aliphatic carbocycles. The van der Waals surface area contributed by atoms with E-state index in [2.05, 4.69) is 53.8 Å². The summed E-state index contributed by atoms with van der Waals surface area (Å²) in [5, 5.41) is 0. The lowest BCUT2D eigenvalue weighted by molar-refractivity contribution is 0.0525. The number of ether oxygens (including phenoxy) is 1. The van der Waals surface area contributed by atoms with Gasteiger partial charge in [-0.1, -0.05) is 55.3 Å². The van der Waals surface area contributed by atoms with Gasteiger partial charge in [0.1, 0.15) is 11.4 Å². The molecule has 0 N–H and O–H groups in total. The molecule has 0 radical (unpaired) electrons. The minimum absolute atomic E-state index is 0.1000. The summed E-state index contributed by atoms with van der Waals surface area (Å²) >= 11 is 3.46. The van der Waals surface area contributed by atoms with E-state index in [1.807, 2.05) is 39.1 Å². The van der Waals surface area contributed by atoms with Gasteiger partial charge in [0.2, 0.25) is 0 Å². The molecule has 0 saturated heterocycles. The van der Waals surface area contributed by atoms with Gasteiger partial charge in [0, 0.05) is 22.8 Å². The largest absolute Gasteiger partial charge is 0.443 e. The number of aromatic nitrogens is 2. The molecule has 5 heteroatoms. The minimum atomic E-state index is -0.540. The van der Waals surface area contributed by atoms with Crippen LogP contribution in [0.25, 0.3) is 0 Å². The molecule has 1 aromatic carbocycles. The van der Waals surface area contributed by atoms with Gasteiger partial charge in [-0.25, -0.2) is 14.3 Å². The van der Waals surface area contributed by atoms with Crippen LogP contribution in [-0.4, -0.2) is 21.2 Å². The van der Waals surface area contributed by atoms with Crippen molar-refractivity contribution in [2.75, 3.05) is 0 Å². The number of nitrogens with zero attached hydrogens (tertiary/aromatic N) is 2. The highest BCUT2D eigenvalue weighted by atomic mass is 79.9. The third-order valence-electron chi connectivity index (χ3n) is 4.65. The molecule has 1 heterocycles. The van der Waals surface area contributed by atoms with Gasteiger partial charge in [-0.05, 0) is 56.7 Å². The van der Waals surface area contributed by atoms with Crippen molar-refractivity contribution in [3.05, 3.63) is 52.0 Å². The summed E-state index contributed by atoms with van der Waals surface area (Å²) in [5.74, 6) is 0.758. The summed E-state index contributed by atoms with van der Waals surface area (Å²) in [6.45, 7) is 12.3. The number of hydrogen-bond acceptors (Lipinski definition) is 3. The maximum absolute atomic E-state index is 12.9. The van der Waals surface area contributed by atoms with Crippen LogP contribution >= 0.6 is 15.9 Å². The number of aryl methyl sites for hydroxylation is 2. The molecule has 0 aliphatic rings. The van der Waals surface area contributed by atoms with E-state index in [1.54, 1.807) is 4.57 Å². The molecule has 1 aromatic heterocycles. The van der Waals surface area contributed by atoms with E-state index in [-0.39, 0.29) is 11.5 Å². The summed E-state index contributed by atoms with van der Waals surface area (Å²) in [6.07, 6.45) is 4.82. The second-order valence-electron chi connectivity index (χ2n) is 8.80. The van der Waals surface area contributed by atoms with Crippen molar-refractivity contribution in [2.24, 2.45) is 5.41 Å². The van der Waals surface area contributed by atoms with Crippen LogP contribution in [0.3, 0.4) is 0 Å². The van der Waals surface area contributed by atoms with E-state index in [0.29, 0.717) is 6.42 Å². The first-order valence-corrected chi connectivity index (χ1v) is 10.3. The van der Waals surface area contributed by atoms with Gasteiger partial charge in [-0.2, -0.15) is 0 Å². The van der Waals surface area contributed by atoms with Crippen LogP contribution in [0.15, 0.2) is 34.9 Å². The maximum atomic E-state index is 12.9. The quantitative estimate of drug-likeness (QED) is 0.543. The SMILES string of the molecule is CCC(C)(C)Cc1cnc(CCc2ccc(Br)cc2)n1C(=O)OC(C)(C)C. The van der Waals surface area contributed by atoms with Crippen molar-refractivity contribution in [1.29, 1.82) is 0 Å². The van der Waals surface area contributed by atoms with E-state index in [4.69, 9.17) is 4.74 Å². The van der Waals surface area contributed by atoms with E-state index in [1.165, 1.54) is 5.56 Å². The molecule has 0 spiro atoms. The Balaban J connectivity index is 2.28. The number of carbonyl (C=O) groups excluding carboxylic acids is 1. The van der Waals surface area contributed by atoms with E-state index >= 15 is 0 Å². The van der Waals surface area contributed by atoms with E-state index < -0.39 is 5.60 Å². The number of hydrogen-bond donors (Lipinski definition) is 0. The van der Waals surface area contributed by atoms with Crippen molar-refractivity contribution in [3.8, 4) is 0 Å². The number of rotatable bonds is 6. The van der Waals surface area contributed by atoms with Gasteiger partial charge in [-0.15, -0.1) is 0 Å². The standard InChI is InChI=1S/C22H31BrN2O2/c1-7-22(5,6)14-18-15-24-19(25(18)20(26)27-21(2,3)4)13-10-16-8-11-17(23)12-9-16/h8-9,11-12,15H,7,10,13-14H2,1-6H3. The van der Waals surface area contributed by atoms with Crippen LogP contribution in [0.1, 0.15) is 65.0 Å². The molecule has 0 amide bonds. The third-order valence-corrected chi connectivity index (χ3v) is 5.18. The summed E-state index contributed by atoms with van der Waals surface area (Å²) in [6, 6.07) is 8.24. The highest BCUT2D eigenvalue weighted by Crippen LogP contribution is 2.27. The number of benzene rings is 1. The van der Waals surface area contributed by atoms with Gasteiger partial charge in [0.25, 0.3) is 0 Å². The summed E-state index contributed by atoms with van der Waals surface area (Å²) in [5.41, 5.74) is 1.69. The van der Waals surface area contributed by atoms with Gasteiger partial charge >= 0.3 is 6.09 Å². The fourth-order valence-corrected chi connectivity index (χ4v) is 3.05. The molecule has 2 aromatic rings. The topological polar surface area (TPSA) is 44.1 Å². The van der Waals surface area contributed by atoms with Gasteiger partial charge in [0.05, 0.1) is 0 Å². The normalized spacial score (nSPS) is 12.3.